The van der Waals surface area contributed by atoms with Gasteiger partial charge < -0.3 is 9.47 Å². The first-order chi connectivity index (χ1) is 13.6. The molecule has 1 saturated carbocycles. The molecule has 1 unspecified atom stereocenters. The van der Waals surface area contributed by atoms with E-state index in [9.17, 15) is 9.59 Å². The largest absolute Gasteiger partial charge is 0.443 e. The number of nitrogens with zero attached hydrogens (tertiary/aromatic N) is 4. The maximum Gasteiger partial charge on any atom is 0.415 e. The summed E-state index contributed by atoms with van der Waals surface area (Å²) in [4.78, 5) is 30.9. The number of fused-ring (bicyclic) bond motifs is 1. The van der Waals surface area contributed by atoms with Gasteiger partial charge in [0, 0.05) is 26.1 Å². The van der Waals surface area contributed by atoms with Gasteiger partial charge in [0.2, 0.25) is 0 Å². The number of carbonyl (C=O) groups excluding carboxylic acids is 2. The maximum atomic E-state index is 12.9. The van der Waals surface area contributed by atoms with Crippen LogP contribution in [0.4, 0.5) is 10.6 Å². The molecule has 158 valence electrons. The fourth-order valence-corrected chi connectivity index (χ4v) is 3.51. The van der Waals surface area contributed by atoms with Crippen LogP contribution in [-0.4, -0.2) is 51.8 Å². The highest BCUT2D eigenvalue weighted by Gasteiger charge is 2.34. The molecule has 2 aromatic rings. The van der Waals surface area contributed by atoms with Crippen LogP contribution in [0.2, 0.25) is 5.15 Å². The zero-order valence-corrected chi connectivity index (χ0v) is 18.2. The number of ether oxygens (including phenoxy) is 2. The summed E-state index contributed by atoms with van der Waals surface area (Å²) in [6.07, 6.45) is 3.38. The van der Waals surface area contributed by atoms with Gasteiger partial charge in [-0.3, -0.25) is 9.69 Å². The summed E-state index contributed by atoms with van der Waals surface area (Å²) in [5, 5.41) is 4.44. The molecule has 1 amide bonds. The van der Waals surface area contributed by atoms with Crippen molar-refractivity contribution in [3.8, 4) is 0 Å². The van der Waals surface area contributed by atoms with E-state index in [0.717, 1.165) is 12.8 Å². The quantitative estimate of drug-likeness (QED) is 0.513. The van der Waals surface area contributed by atoms with Crippen molar-refractivity contribution in [3.05, 3.63) is 23.0 Å². The van der Waals surface area contributed by atoms with Gasteiger partial charge in [-0.25, -0.2) is 9.78 Å². The normalized spacial score (nSPS) is 19.1. The molecule has 1 fully saturated rings. The van der Waals surface area contributed by atoms with Crippen LogP contribution in [-0.2, 0) is 9.47 Å². The molecule has 9 heteroatoms. The number of hydrogen-bond acceptors (Lipinski definition) is 6. The summed E-state index contributed by atoms with van der Waals surface area (Å²) in [6.45, 7) is 7.96. The van der Waals surface area contributed by atoms with Crippen molar-refractivity contribution in [2.75, 3.05) is 18.6 Å². The van der Waals surface area contributed by atoms with Gasteiger partial charge in [0.25, 0.3) is 0 Å². The Morgan fingerprint density at radius 1 is 1.34 bits per heavy atom. The molecule has 1 aliphatic carbocycles. The fraction of sp³-hybridized carbons (Fsp3) is 0.600. The molecular weight excluding hydrogens is 396 g/mol. The molecule has 2 atom stereocenters. The minimum absolute atomic E-state index is 0.0601. The van der Waals surface area contributed by atoms with Gasteiger partial charge in [0.1, 0.15) is 16.6 Å². The third-order valence-electron chi connectivity index (χ3n) is 4.91. The number of carbonyl (C=O) groups is 2. The molecule has 8 nitrogen and oxygen atoms in total. The van der Waals surface area contributed by atoms with Crippen molar-refractivity contribution in [2.24, 2.45) is 5.92 Å². The Kier molecular flexibility index (Phi) is 6.14. The number of Topliss-reactive ketones (excluding diaryl/α,β-unsaturated/α-hetero) is 1. The number of ketones is 1. The van der Waals surface area contributed by atoms with Gasteiger partial charge in [0.15, 0.2) is 11.4 Å². The molecule has 2 aromatic heterocycles. The number of hydrogen-bond donors (Lipinski definition) is 0. The minimum Gasteiger partial charge on any atom is -0.443 e. The van der Waals surface area contributed by atoms with Crippen LogP contribution in [0.5, 0.6) is 0 Å². The summed E-state index contributed by atoms with van der Waals surface area (Å²) >= 11 is 6.19. The Morgan fingerprint density at radius 3 is 2.66 bits per heavy atom. The lowest BCUT2D eigenvalue weighted by atomic mass is 9.78. The van der Waals surface area contributed by atoms with Crippen LogP contribution in [0, 0.1) is 5.92 Å². The zero-order chi connectivity index (χ0) is 21.3. The highest BCUT2D eigenvalue weighted by Crippen LogP contribution is 2.34. The molecule has 1 aliphatic rings. The van der Waals surface area contributed by atoms with E-state index in [1.165, 1.54) is 21.7 Å². The molecular formula is C20H27ClN4O4. The van der Waals surface area contributed by atoms with E-state index in [4.69, 9.17) is 21.1 Å². The first kappa shape index (κ1) is 21.5. The SMILES string of the molecule is CCO[C@@H]1CCC1CC(=O)c1cnn2c(N(C)C(=O)OC(C)(C)C)cc(Cl)nc12. The second-order valence-electron chi connectivity index (χ2n) is 8.23. The Bertz CT molecular complexity index is 921. The van der Waals surface area contributed by atoms with Crippen molar-refractivity contribution in [2.45, 2.75) is 58.7 Å². The van der Waals surface area contributed by atoms with E-state index in [0.29, 0.717) is 30.1 Å². The van der Waals surface area contributed by atoms with Crippen molar-refractivity contribution in [1.82, 2.24) is 14.6 Å². The fourth-order valence-electron chi connectivity index (χ4n) is 3.33. The summed E-state index contributed by atoms with van der Waals surface area (Å²) in [5.74, 6) is 0.514. The van der Waals surface area contributed by atoms with E-state index in [1.807, 2.05) is 6.92 Å². The Hall–Kier alpha value is -2.19. The zero-order valence-electron chi connectivity index (χ0n) is 17.4. The molecule has 0 bridgehead atoms. The molecule has 0 aliphatic heterocycles. The van der Waals surface area contributed by atoms with E-state index in [2.05, 4.69) is 10.1 Å². The van der Waals surface area contributed by atoms with Gasteiger partial charge in [-0.15, -0.1) is 0 Å². The van der Waals surface area contributed by atoms with Crippen molar-refractivity contribution in [1.29, 1.82) is 0 Å². The summed E-state index contributed by atoms with van der Waals surface area (Å²) < 4.78 is 12.5. The number of aromatic nitrogens is 3. The van der Waals surface area contributed by atoms with Crippen LogP contribution >= 0.6 is 11.6 Å². The number of amides is 1. The highest BCUT2D eigenvalue weighted by molar-refractivity contribution is 6.30. The smallest absolute Gasteiger partial charge is 0.415 e. The minimum atomic E-state index is -0.646. The van der Waals surface area contributed by atoms with Crippen molar-refractivity contribution in [3.63, 3.8) is 0 Å². The molecule has 0 aromatic carbocycles. The first-order valence-corrected chi connectivity index (χ1v) is 10.1. The maximum absolute atomic E-state index is 12.9. The Morgan fingerprint density at radius 2 is 2.07 bits per heavy atom. The molecule has 29 heavy (non-hydrogen) atoms. The lowest BCUT2D eigenvalue weighted by Crippen LogP contribution is -2.35. The number of rotatable bonds is 6. The number of halogens is 1. The average molecular weight is 423 g/mol. The topological polar surface area (TPSA) is 86.0 Å². The van der Waals surface area contributed by atoms with Gasteiger partial charge in [-0.05, 0) is 46.5 Å². The van der Waals surface area contributed by atoms with E-state index in [1.54, 1.807) is 27.8 Å². The molecule has 0 saturated heterocycles. The predicted molar refractivity (Wildman–Crippen MR) is 110 cm³/mol. The van der Waals surface area contributed by atoms with Crippen LogP contribution in [0.1, 0.15) is 57.3 Å². The number of anilines is 1. The second kappa shape index (κ2) is 8.28. The van der Waals surface area contributed by atoms with E-state index < -0.39 is 11.7 Å². The van der Waals surface area contributed by atoms with E-state index >= 15 is 0 Å². The second-order valence-corrected chi connectivity index (χ2v) is 8.62. The van der Waals surface area contributed by atoms with Crippen molar-refractivity contribution < 1.29 is 19.1 Å². The van der Waals surface area contributed by atoms with E-state index in [-0.39, 0.29) is 23.0 Å². The molecule has 0 N–H and O–H groups in total. The molecule has 0 spiro atoms. The Balaban J connectivity index is 1.87. The van der Waals surface area contributed by atoms with Crippen LogP contribution in [0.3, 0.4) is 0 Å². The highest BCUT2D eigenvalue weighted by atomic mass is 35.5. The van der Waals surface area contributed by atoms with Crippen LogP contribution in [0.15, 0.2) is 12.3 Å². The summed E-state index contributed by atoms with van der Waals surface area (Å²) in [7, 11) is 1.56. The van der Waals surface area contributed by atoms with Crippen LogP contribution in [0.25, 0.3) is 5.65 Å². The van der Waals surface area contributed by atoms with Crippen LogP contribution < -0.4 is 4.90 Å². The molecule has 3 rings (SSSR count). The Labute approximate surface area is 175 Å². The van der Waals surface area contributed by atoms with Gasteiger partial charge in [-0.1, -0.05) is 11.6 Å². The lowest BCUT2D eigenvalue weighted by molar-refractivity contribution is -0.0407. The monoisotopic (exact) mass is 422 g/mol. The third-order valence-corrected chi connectivity index (χ3v) is 5.10. The molecule has 2 heterocycles. The molecule has 0 radical (unpaired) electrons. The first-order valence-electron chi connectivity index (χ1n) is 9.76. The summed E-state index contributed by atoms with van der Waals surface area (Å²) in [5.41, 5.74) is 0.0561. The van der Waals surface area contributed by atoms with Gasteiger partial charge >= 0.3 is 6.09 Å². The average Bonchev–Trinajstić information content (AvgIpc) is 3.04. The van der Waals surface area contributed by atoms with Gasteiger partial charge in [-0.2, -0.15) is 9.61 Å². The standard InChI is InChI=1S/C20H27ClN4O4/c1-6-28-15-8-7-12(15)9-14(26)13-11-22-25-17(10-16(21)23-18(13)25)24(5)19(27)29-20(2,3)4/h10-12,15H,6-9H2,1-5H3/t12?,15-/m1/s1. The predicted octanol–water partition coefficient (Wildman–Crippen LogP) is 4.14. The van der Waals surface area contributed by atoms with Crippen molar-refractivity contribution >= 4 is 34.9 Å². The summed E-state index contributed by atoms with van der Waals surface area (Å²) in [6, 6.07) is 1.51. The lowest BCUT2D eigenvalue weighted by Gasteiger charge is -2.35. The van der Waals surface area contributed by atoms with Gasteiger partial charge in [0.05, 0.1) is 17.9 Å². The third kappa shape index (κ3) is 4.70.